The number of rotatable bonds is 9. The van der Waals surface area contributed by atoms with Gasteiger partial charge in [-0.3, -0.25) is 19.4 Å². The Morgan fingerprint density at radius 2 is 1.05 bits per heavy atom. The maximum Gasteiger partial charge on any atom is 0.284 e. The fourth-order valence-electron chi connectivity index (χ4n) is 7.23. The van der Waals surface area contributed by atoms with Gasteiger partial charge in [0.1, 0.15) is 0 Å². The van der Waals surface area contributed by atoms with E-state index in [0.717, 1.165) is 93.5 Å². The Kier molecular flexibility index (Phi) is 11.5. The molecule has 0 atom stereocenters. The third-order valence-corrected chi connectivity index (χ3v) is 13.9. The van der Waals surface area contributed by atoms with Crippen molar-refractivity contribution < 1.29 is 9.59 Å². The van der Waals surface area contributed by atoms with Crippen molar-refractivity contribution in [3.8, 4) is 11.1 Å². The molecule has 0 unspecified atom stereocenters. The van der Waals surface area contributed by atoms with Gasteiger partial charge in [-0.25, -0.2) is 9.97 Å². The van der Waals surface area contributed by atoms with Crippen molar-refractivity contribution in [2.45, 2.75) is 52.9 Å². The molecule has 2 aromatic heterocycles. The molecule has 2 aliphatic heterocycles. The number of benzene rings is 4. The van der Waals surface area contributed by atoms with E-state index in [1.54, 1.807) is 0 Å². The highest BCUT2D eigenvalue weighted by Crippen LogP contribution is 2.36. The summed E-state index contributed by atoms with van der Waals surface area (Å²) in [7, 11) is 0. The highest BCUT2D eigenvalue weighted by molar-refractivity contribution is 7.14. The molecule has 4 aromatic carbocycles. The van der Waals surface area contributed by atoms with Gasteiger partial charge in [0.05, 0.1) is 31.5 Å². The average molecular weight is 863 g/mol. The second kappa shape index (κ2) is 16.6. The number of nitrogens with one attached hydrogen (secondary N) is 2. The molecular formula is C42H36Cl4N6O2S2. The molecule has 56 heavy (non-hydrogen) atoms. The van der Waals surface area contributed by atoms with Crippen molar-refractivity contribution in [2.75, 3.05) is 23.7 Å². The fraction of sp³-hybridized carbons (Fsp3) is 0.238. The number of thiazole rings is 2. The van der Waals surface area contributed by atoms with Crippen LogP contribution in [0.25, 0.3) is 11.1 Å². The lowest BCUT2D eigenvalue weighted by molar-refractivity contribution is 0.101. The Balaban J connectivity index is 0.926. The Morgan fingerprint density at radius 3 is 1.46 bits per heavy atom. The van der Waals surface area contributed by atoms with E-state index in [4.69, 9.17) is 56.4 Å². The molecule has 0 spiro atoms. The lowest BCUT2D eigenvalue weighted by Gasteiger charge is -2.26. The predicted molar refractivity (Wildman–Crippen MR) is 230 cm³/mol. The van der Waals surface area contributed by atoms with Gasteiger partial charge < -0.3 is 10.6 Å². The van der Waals surface area contributed by atoms with Crippen LogP contribution in [-0.4, -0.2) is 44.7 Å². The highest BCUT2D eigenvalue weighted by Gasteiger charge is 2.26. The Labute approximate surface area is 353 Å². The van der Waals surface area contributed by atoms with Crippen LogP contribution in [0.4, 0.5) is 11.4 Å². The van der Waals surface area contributed by atoms with Crippen LogP contribution in [-0.2, 0) is 39.0 Å². The number of hydrogen-bond acceptors (Lipinski definition) is 8. The molecule has 0 aliphatic carbocycles. The molecule has 4 heterocycles. The van der Waals surface area contributed by atoms with E-state index in [2.05, 4.69) is 20.4 Å². The summed E-state index contributed by atoms with van der Waals surface area (Å²) in [5.74, 6) is -0.468. The molecule has 286 valence electrons. The number of carbonyl (C=O) groups is 2. The van der Waals surface area contributed by atoms with Gasteiger partial charge in [0.25, 0.3) is 11.8 Å². The summed E-state index contributed by atoms with van der Waals surface area (Å²) in [5, 5.41) is 9.30. The maximum atomic E-state index is 13.6. The molecule has 8 nitrogen and oxygen atoms in total. The molecule has 2 N–H and O–H groups in total. The average Bonchev–Trinajstić information content (AvgIpc) is 3.81. The first-order chi connectivity index (χ1) is 27.0. The summed E-state index contributed by atoms with van der Waals surface area (Å²) in [6, 6.07) is 23.2. The van der Waals surface area contributed by atoms with Crippen molar-refractivity contribution >= 4 is 92.3 Å². The number of amides is 2. The van der Waals surface area contributed by atoms with Gasteiger partial charge in [-0.05, 0) is 83.6 Å². The molecule has 0 fully saturated rings. The zero-order valence-electron chi connectivity index (χ0n) is 30.5. The third-order valence-electron chi connectivity index (χ3n) is 10.2. The van der Waals surface area contributed by atoms with Crippen LogP contribution in [0, 0.1) is 13.8 Å². The highest BCUT2D eigenvalue weighted by atomic mass is 35.5. The molecule has 2 aliphatic rings. The lowest BCUT2D eigenvalue weighted by Crippen LogP contribution is -2.29. The van der Waals surface area contributed by atoms with Crippen molar-refractivity contribution in [2.24, 2.45) is 0 Å². The smallest absolute Gasteiger partial charge is 0.284 e. The van der Waals surface area contributed by atoms with E-state index in [1.165, 1.54) is 22.7 Å². The molecule has 0 saturated carbocycles. The minimum Gasteiger partial charge on any atom is -0.320 e. The van der Waals surface area contributed by atoms with Gasteiger partial charge in [0.15, 0.2) is 10.0 Å². The van der Waals surface area contributed by atoms with E-state index in [-0.39, 0.29) is 11.8 Å². The Bertz CT molecular complexity index is 2330. The zero-order valence-corrected chi connectivity index (χ0v) is 35.2. The summed E-state index contributed by atoms with van der Waals surface area (Å²) in [6.45, 7) is 8.57. The van der Waals surface area contributed by atoms with Crippen molar-refractivity contribution in [1.29, 1.82) is 0 Å². The van der Waals surface area contributed by atoms with Crippen molar-refractivity contribution in [3.63, 3.8) is 0 Å². The van der Waals surface area contributed by atoms with Crippen LogP contribution < -0.4 is 10.6 Å². The van der Waals surface area contributed by atoms with E-state index in [0.29, 0.717) is 54.6 Å². The molecule has 6 aromatic rings. The summed E-state index contributed by atoms with van der Waals surface area (Å²) in [4.78, 5) is 43.5. The standard InChI is InChI=1S/C42H36Cl4N6O2S2/c1-23-27(5-3-7-33(23)47-39(53)41-49-35-13-15-51(21-37(35)55-41)19-25-9-11-29(43)31(45)17-25)28-6-4-8-34(24(28)2)48-40(54)42-50-36-14-16-52(22-38(36)56-42)20-26-10-12-30(44)32(46)18-26/h3-12,17-18H,13-16,19-22H2,1-2H3,(H,47,53)(H,48,54). The quantitative estimate of drug-likeness (QED) is 0.150. The Hall–Kier alpha value is -3.84. The van der Waals surface area contributed by atoms with Crippen LogP contribution in [0.5, 0.6) is 0 Å². The summed E-state index contributed by atoms with van der Waals surface area (Å²) in [6.07, 6.45) is 1.54. The summed E-state index contributed by atoms with van der Waals surface area (Å²) >= 11 is 27.6. The monoisotopic (exact) mass is 860 g/mol. The molecule has 14 heteroatoms. The van der Waals surface area contributed by atoms with Gasteiger partial charge in [0, 0.05) is 73.2 Å². The normalized spacial score (nSPS) is 14.3. The number of nitrogens with zero attached hydrogens (tertiary/aromatic N) is 4. The third kappa shape index (κ3) is 8.40. The first kappa shape index (κ1) is 39.0. The summed E-state index contributed by atoms with van der Waals surface area (Å²) < 4.78 is 0. The van der Waals surface area contributed by atoms with Crippen molar-refractivity contribution in [1.82, 2.24) is 19.8 Å². The number of hydrogen-bond donors (Lipinski definition) is 2. The number of carbonyl (C=O) groups excluding carboxylic acids is 2. The van der Waals surface area contributed by atoms with E-state index >= 15 is 0 Å². The van der Waals surface area contributed by atoms with Crippen LogP contribution in [0.15, 0.2) is 72.8 Å². The van der Waals surface area contributed by atoms with Crippen LogP contribution in [0.2, 0.25) is 20.1 Å². The predicted octanol–water partition coefficient (Wildman–Crippen LogP) is 11.1. The SMILES string of the molecule is Cc1c(NC(=O)c2nc3c(s2)CN(Cc2ccc(Cl)c(Cl)c2)CC3)cccc1-c1cccc(NC(=O)c2nc3c(s2)CN(Cc2ccc(Cl)c(Cl)c2)CC3)c1C. The van der Waals surface area contributed by atoms with Crippen LogP contribution in [0.1, 0.15) is 63.0 Å². The lowest BCUT2D eigenvalue weighted by atomic mass is 9.94. The van der Waals surface area contributed by atoms with Gasteiger partial charge in [-0.1, -0.05) is 82.8 Å². The van der Waals surface area contributed by atoms with Crippen LogP contribution >= 0.6 is 69.1 Å². The number of halogens is 4. The van der Waals surface area contributed by atoms with Gasteiger partial charge in [0.2, 0.25) is 0 Å². The number of aromatic nitrogens is 2. The number of anilines is 2. The van der Waals surface area contributed by atoms with Gasteiger partial charge in [-0.2, -0.15) is 0 Å². The molecule has 8 rings (SSSR count). The zero-order chi connectivity index (χ0) is 39.1. The Morgan fingerprint density at radius 1 is 0.625 bits per heavy atom. The first-order valence-electron chi connectivity index (χ1n) is 18.1. The molecule has 2 amide bonds. The van der Waals surface area contributed by atoms with E-state index in [9.17, 15) is 9.59 Å². The van der Waals surface area contributed by atoms with Crippen molar-refractivity contribution in [3.05, 3.63) is 146 Å². The number of fused-ring (bicyclic) bond motifs is 2. The minimum atomic E-state index is -0.234. The first-order valence-corrected chi connectivity index (χ1v) is 21.3. The molecule has 0 radical (unpaired) electrons. The van der Waals surface area contributed by atoms with Gasteiger partial charge in [-0.15, -0.1) is 22.7 Å². The molecule has 0 bridgehead atoms. The molecule has 0 saturated heterocycles. The second-order valence-electron chi connectivity index (χ2n) is 14.1. The van der Waals surface area contributed by atoms with Gasteiger partial charge >= 0.3 is 0 Å². The van der Waals surface area contributed by atoms with E-state index in [1.807, 2.05) is 86.6 Å². The summed E-state index contributed by atoms with van der Waals surface area (Å²) in [5.41, 5.74) is 9.29. The second-order valence-corrected chi connectivity index (χ2v) is 17.9. The van der Waals surface area contributed by atoms with E-state index < -0.39 is 0 Å². The maximum absolute atomic E-state index is 13.6. The largest absolute Gasteiger partial charge is 0.320 e. The topological polar surface area (TPSA) is 90.5 Å². The van der Waals surface area contributed by atoms with Crippen LogP contribution in [0.3, 0.4) is 0 Å². The minimum absolute atomic E-state index is 0.234. The fourth-order valence-corrected chi connectivity index (χ4v) is 9.96. The molecular weight excluding hydrogens is 826 g/mol.